The van der Waals surface area contributed by atoms with Gasteiger partial charge in [-0.3, -0.25) is 0 Å². The second kappa shape index (κ2) is 6.14. The van der Waals surface area contributed by atoms with Crippen LogP contribution in [0.1, 0.15) is 30.9 Å². The Morgan fingerprint density at radius 2 is 2.20 bits per heavy atom. The Balaban J connectivity index is 2.66. The number of rotatable bonds is 5. The van der Waals surface area contributed by atoms with Gasteiger partial charge in [0.1, 0.15) is 12.4 Å². The maximum atomic E-state index is 5.36. The highest BCUT2D eigenvalue weighted by Gasteiger charge is 2.00. The Hall–Kier alpha value is -1.42. The van der Waals surface area contributed by atoms with Crippen molar-refractivity contribution in [3.8, 4) is 18.1 Å². The summed E-state index contributed by atoms with van der Waals surface area (Å²) in [6.45, 7) is 4.67. The summed E-state index contributed by atoms with van der Waals surface area (Å²) in [5.74, 6) is 3.33. The summed E-state index contributed by atoms with van der Waals surface area (Å²) >= 11 is 0. The lowest BCUT2D eigenvalue weighted by Crippen LogP contribution is -1.95. The van der Waals surface area contributed by atoms with Crippen molar-refractivity contribution < 1.29 is 4.74 Å². The van der Waals surface area contributed by atoms with Crippen LogP contribution in [0.2, 0.25) is 0 Å². The van der Waals surface area contributed by atoms with Gasteiger partial charge in [0.2, 0.25) is 0 Å². The summed E-state index contributed by atoms with van der Waals surface area (Å²) in [6.07, 6.45) is 8.76. The van der Waals surface area contributed by atoms with E-state index in [2.05, 4.69) is 31.9 Å². The predicted molar refractivity (Wildman–Crippen MR) is 64.1 cm³/mol. The highest BCUT2D eigenvalue weighted by atomic mass is 16.5. The SMILES string of the molecule is C#CCOc1ccc(CCCC)c(C)c1. The minimum atomic E-state index is 0.341. The number of benzene rings is 1. The van der Waals surface area contributed by atoms with Crippen LogP contribution in [-0.2, 0) is 6.42 Å². The molecule has 0 fully saturated rings. The third-order valence-corrected chi connectivity index (χ3v) is 2.44. The second-order valence-electron chi connectivity index (χ2n) is 3.68. The molecule has 0 spiro atoms. The third kappa shape index (κ3) is 3.67. The molecule has 0 unspecified atom stereocenters. The van der Waals surface area contributed by atoms with Crippen LogP contribution in [0.5, 0.6) is 5.75 Å². The number of unbranched alkanes of at least 4 members (excludes halogenated alkanes) is 1. The first-order valence-corrected chi connectivity index (χ1v) is 5.43. The van der Waals surface area contributed by atoms with Gasteiger partial charge in [0.25, 0.3) is 0 Å². The van der Waals surface area contributed by atoms with Crippen molar-refractivity contribution in [2.24, 2.45) is 0 Å². The predicted octanol–water partition coefficient (Wildman–Crippen LogP) is 3.35. The van der Waals surface area contributed by atoms with E-state index >= 15 is 0 Å². The summed E-state index contributed by atoms with van der Waals surface area (Å²) < 4.78 is 5.36. The number of ether oxygens (including phenoxy) is 1. The van der Waals surface area contributed by atoms with Gasteiger partial charge in [0.15, 0.2) is 0 Å². The normalized spacial score (nSPS) is 9.67. The summed E-state index contributed by atoms with van der Waals surface area (Å²) in [4.78, 5) is 0. The molecule has 1 heteroatoms. The summed E-state index contributed by atoms with van der Waals surface area (Å²) in [7, 11) is 0. The molecule has 0 saturated carbocycles. The lowest BCUT2D eigenvalue weighted by atomic mass is 10.0. The molecule has 1 aromatic carbocycles. The van der Waals surface area contributed by atoms with Crippen molar-refractivity contribution in [2.45, 2.75) is 33.1 Å². The Morgan fingerprint density at radius 1 is 1.40 bits per heavy atom. The number of terminal acetylenes is 1. The van der Waals surface area contributed by atoms with Gasteiger partial charge in [-0.1, -0.05) is 25.3 Å². The molecule has 0 amide bonds. The van der Waals surface area contributed by atoms with E-state index in [0.717, 1.165) is 12.2 Å². The number of aryl methyl sites for hydroxylation is 2. The minimum absolute atomic E-state index is 0.341. The van der Waals surface area contributed by atoms with Gasteiger partial charge < -0.3 is 4.74 Å². The maximum absolute atomic E-state index is 5.36. The van der Waals surface area contributed by atoms with Gasteiger partial charge >= 0.3 is 0 Å². The van der Waals surface area contributed by atoms with Gasteiger partial charge in [0, 0.05) is 0 Å². The van der Waals surface area contributed by atoms with Crippen molar-refractivity contribution in [3.05, 3.63) is 29.3 Å². The molecule has 0 aliphatic carbocycles. The Morgan fingerprint density at radius 3 is 2.80 bits per heavy atom. The van der Waals surface area contributed by atoms with Crippen LogP contribution in [-0.4, -0.2) is 6.61 Å². The molecule has 0 aromatic heterocycles. The molecule has 15 heavy (non-hydrogen) atoms. The van der Waals surface area contributed by atoms with Crippen LogP contribution in [0.15, 0.2) is 18.2 Å². The van der Waals surface area contributed by atoms with Crippen LogP contribution < -0.4 is 4.74 Å². The molecule has 0 atom stereocenters. The standard InChI is InChI=1S/C14H18O/c1-4-6-7-13-8-9-14(11-12(13)3)15-10-5-2/h2,8-9,11H,4,6-7,10H2,1,3H3. The minimum Gasteiger partial charge on any atom is -0.481 e. The lowest BCUT2D eigenvalue weighted by molar-refractivity contribution is 0.370. The fourth-order valence-electron chi connectivity index (χ4n) is 1.53. The zero-order valence-electron chi connectivity index (χ0n) is 9.55. The molecular formula is C14H18O. The van der Waals surface area contributed by atoms with E-state index in [4.69, 9.17) is 11.2 Å². The van der Waals surface area contributed by atoms with Crippen LogP contribution in [0.25, 0.3) is 0 Å². The molecular weight excluding hydrogens is 184 g/mol. The molecule has 0 saturated heterocycles. The van der Waals surface area contributed by atoms with Gasteiger partial charge in [-0.25, -0.2) is 0 Å². The summed E-state index contributed by atoms with van der Waals surface area (Å²) in [6, 6.07) is 6.19. The Bertz CT molecular complexity index is 347. The third-order valence-electron chi connectivity index (χ3n) is 2.44. The average Bonchev–Trinajstić information content (AvgIpc) is 2.25. The monoisotopic (exact) mass is 202 g/mol. The average molecular weight is 202 g/mol. The van der Waals surface area contributed by atoms with E-state index in [0.29, 0.717) is 6.61 Å². The maximum Gasteiger partial charge on any atom is 0.148 e. The zero-order valence-corrected chi connectivity index (χ0v) is 9.55. The van der Waals surface area contributed by atoms with E-state index in [9.17, 15) is 0 Å². The Kier molecular flexibility index (Phi) is 4.77. The van der Waals surface area contributed by atoms with Crippen LogP contribution in [0.4, 0.5) is 0 Å². The first-order valence-electron chi connectivity index (χ1n) is 5.43. The van der Waals surface area contributed by atoms with Crippen molar-refractivity contribution in [1.29, 1.82) is 0 Å². The van der Waals surface area contributed by atoms with Gasteiger partial charge in [0.05, 0.1) is 0 Å². The number of hydrogen-bond donors (Lipinski definition) is 0. The quantitative estimate of drug-likeness (QED) is 0.665. The van der Waals surface area contributed by atoms with Crippen LogP contribution >= 0.6 is 0 Å². The van der Waals surface area contributed by atoms with Crippen LogP contribution in [0.3, 0.4) is 0 Å². The smallest absolute Gasteiger partial charge is 0.148 e. The fourth-order valence-corrected chi connectivity index (χ4v) is 1.53. The molecule has 0 heterocycles. The molecule has 1 rings (SSSR count). The van der Waals surface area contributed by atoms with Crippen LogP contribution in [0, 0.1) is 19.3 Å². The highest BCUT2D eigenvalue weighted by molar-refractivity contribution is 5.35. The summed E-state index contributed by atoms with van der Waals surface area (Å²) in [5, 5.41) is 0. The van der Waals surface area contributed by atoms with Crippen molar-refractivity contribution in [2.75, 3.05) is 6.61 Å². The lowest BCUT2D eigenvalue weighted by Gasteiger charge is -2.08. The fraction of sp³-hybridized carbons (Fsp3) is 0.429. The number of hydrogen-bond acceptors (Lipinski definition) is 1. The topological polar surface area (TPSA) is 9.23 Å². The first-order chi connectivity index (χ1) is 7.27. The van der Waals surface area contributed by atoms with Gasteiger partial charge in [-0.2, -0.15) is 0 Å². The molecule has 0 N–H and O–H groups in total. The Labute approximate surface area is 92.5 Å². The molecule has 0 aliphatic rings. The molecule has 1 aromatic rings. The largest absolute Gasteiger partial charge is 0.481 e. The van der Waals surface area contributed by atoms with E-state index in [-0.39, 0.29) is 0 Å². The van der Waals surface area contributed by atoms with E-state index in [1.54, 1.807) is 0 Å². The zero-order chi connectivity index (χ0) is 11.1. The van der Waals surface area contributed by atoms with Crippen molar-refractivity contribution in [3.63, 3.8) is 0 Å². The molecule has 1 nitrogen and oxygen atoms in total. The van der Waals surface area contributed by atoms with Gasteiger partial charge in [-0.15, -0.1) is 6.42 Å². The van der Waals surface area contributed by atoms with E-state index in [1.165, 1.54) is 24.0 Å². The molecule has 0 aliphatic heterocycles. The first kappa shape index (κ1) is 11.7. The van der Waals surface area contributed by atoms with E-state index < -0.39 is 0 Å². The summed E-state index contributed by atoms with van der Waals surface area (Å²) in [5.41, 5.74) is 2.70. The van der Waals surface area contributed by atoms with Gasteiger partial charge in [-0.05, 0) is 43.0 Å². The highest BCUT2D eigenvalue weighted by Crippen LogP contribution is 2.18. The van der Waals surface area contributed by atoms with Crippen molar-refractivity contribution >= 4 is 0 Å². The van der Waals surface area contributed by atoms with E-state index in [1.807, 2.05) is 6.07 Å². The molecule has 0 bridgehead atoms. The second-order valence-corrected chi connectivity index (χ2v) is 3.68. The van der Waals surface area contributed by atoms with Crippen molar-refractivity contribution in [1.82, 2.24) is 0 Å². The molecule has 80 valence electrons. The molecule has 0 radical (unpaired) electrons.